The van der Waals surface area contributed by atoms with E-state index in [-0.39, 0.29) is 23.5 Å². The van der Waals surface area contributed by atoms with E-state index in [0.717, 1.165) is 17.7 Å². The summed E-state index contributed by atoms with van der Waals surface area (Å²) in [5, 5.41) is 2.72. The first-order valence-electron chi connectivity index (χ1n) is 15.6. The highest BCUT2D eigenvalue weighted by molar-refractivity contribution is 5.67. The number of benzene rings is 3. The van der Waals surface area contributed by atoms with Crippen molar-refractivity contribution in [2.24, 2.45) is 0 Å². The van der Waals surface area contributed by atoms with Crippen LogP contribution in [-0.2, 0) is 24.3 Å². The number of carbonyl (C=O) groups excluding carboxylic acids is 1. The lowest BCUT2D eigenvalue weighted by molar-refractivity contribution is 0.0526. The number of hydrogen-bond acceptors (Lipinski definition) is 6. The van der Waals surface area contributed by atoms with Crippen molar-refractivity contribution in [2.45, 2.75) is 66.7 Å². The summed E-state index contributed by atoms with van der Waals surface area (Å²) in [5.74, 6) is 0.788. The number of carbonyl (C=O) groups is 1. The normalized spacial score (nSPS) is 10.5. The Hall–Kier alpha value is -5.11. The Morgan fingerprint density at radius 2 is 1.39 bits per heavy atom. The minimum absolute atomic E-state index is 0.0957. The Labute approximate surface area is 272 Å². The largest absolute Gasteiger partial charge is 0.481 e. The third-order valence-corrected chi connectivity index (χ3v) is 6.42. The van der Waals surface area contributed by atoms with Crippen LogP contribution >= 0.6 is 0 Å². The Balaban J connectivity index is 0.000000318. The fraction of sp³-hybridized carbons (Fsp3) is 0.289. The van der Waals surface area contributed by atoms with Gasteiger partial charge in [-0.15, -0.1) is 0 Å². The molecule has 0 aliphatic carbocycles. The summed E-state index contributed by atoms with van der Waals surface area (Å²) in [4.78, 5) is 28.8. The van der Waals surface area contributed by atoms with Crippen molar-refractivity contribution < 1.29 is 18.7 Å². The summed E-state index contributed by atoms with van der Waals surface area (Å²) in [6.07, 6.45) is 3.53. The summed E-state index contributed by atoms with van der Waals surface area (Å²) in [6, 6.07) is 31.9. The first-order chi connectivity index (χ1) is 22.2. The average molecular weight is 624 g/mol. The number of aromatic nitrogens is 2. The second-order valence-corrected chi connectivity index (χ2v) is 11.2. The molecule has 0 saturated carbocycles. The molecule has 0 radical (unpaired) electrons. The Morgan fingerprint density at radius 3 is 1.93 bits per heavy atom. The number of nitrogens with zero attached hydrogens (tertiary/aromatic N) is 2. The van der Waals surface area contributed by atoms with E-state index in [1.807, 2.05) is 55.7 Å². The van der Waals surface area contributed by atoms with Crippen LogP contribution < -0.4 is 15.5 Å². The molecular weight excluding hydrogens is 578 g/mol. The molecule has 0 atom stereocenters. The van der Waals surface area contributed by atoms with Crippen molar-refractivity contribution in [1.82, 2.24) is 14.9 Å². The van der Waals surface area contributed by atoms with Crippen LogP contribution in [0.25, 0.3) is 11.6 Å². The van der Waals surface area contributed by atoms with E-state index >= 15 is 0 Å². The molecule has 3 aromatic carbocycles. The average Bonchev–Trinajstić information content (AvgIpc) is 3.42. The predicted octanol–water partition coefficient (Wildman–Crippen LogP) is 8.22. The first kappa shape index (κ1) is 35.4. The SMILES string of the molecule is CC.Cc1cnc(-c2occc(=O)c2OCc2ccccc2)n1CCNC(=O)OC(C)(C)C.c1ccc(Cc2ccccc2)cc1. The molecule has 8 nitrogen and oxygen atoms in total. The number of aryl methyl sites for hydroxylation is 1. The molecule has 5 aromatic rings. The summed E-state index contributed by atoms with van der Waals surface area (Å²) in [6.45, 7) is 12.3. The highest BCUT2D eigenvalue weighted by Crippen LogP contribution is 2.27. The third kappa shape index (κ3) is 11.4. The molecule has 242 valence electrons. The highest BCUT2D eigenvalue weighted by atomic mass is 16.6. The number of nitrogens with one attached hydrogen (secondary N) is 1. The lowest BCUT2D eigenvalue weighted by atomic mass is 10.1. The van der Waals surface area contributed by atoms with Crippen LogP contribution in [0.1, 0.15) is 57.0 Å². The van der Waals surface area contributed by atoms with Gasteiger partial charge in [0.05, 0.1) is 6.26 Å². The Kier molecular flexibility index (Phi) is 13.8. The quantitative estimate of drug-likeness (QED) is 0.178. The molecule has 0 fully saturated rings. The van der Waals surface area contributed by atoms with Gasteiger partial charge in [0, 0.05) is 31.0 Å². The van der Waals surface area contributed by atoms with Crippen LogP contribution in [0.3, 0.4) is 0 Å². The van der Waals surface area contributed by atoms with E-state index in [1.165, 1.54) is 23.5 Å². The number of hydrogen-bond donors (Lipinski definition) is 1. The predicted molar refractivity (Wildman–Crippen MR) is 183 cm³/mol. The van der Waals surface area contributed by atoms with Crippen LogP contribution in [0.15, 0.2) is 119 Å². The van der Waals surface area contributed by atoms with E-state index in [9.17, 15) is 9.59 Å². The van der Waals surface area contributed by atoms with Crippen molar-refractivity contribution in [3.05, 3.63) is 142 Å². The van der Waals surface area contributed by atoms with E-state index < -0.39 is 11.7 Å². The van der Waals surface area contributed by atoms with Gasteiger partial charge in [0.25, 0.3) is 0 Å². The molecule has 5 rings (SSSR count). The number of imidazole rings is 1. The van der Waals surface area contributed by atoms with E-state index in [2.05, 4.69) is 71.0 Å². The molecule has 2 aromatic heterocycles. The lowest BCUT2D eigenvalue weighted by Gasteiger charge is -2.20. The van der Waals surface area contributed by atoms with E-state index in [1.54, 1.807) is 27.0 Å². The van der Waals surface area contributed by atoms with Gasteiger partial charge in [-0.05, 0) is 50.8 Å². The van der Waals surface area contributed by atoms with Gasteiger partial charge in [0.1, 0.15) is 12.2 Å². The van der Waals surface area contributed by atoms with Crippen LogP contribution in [0.2, 0.25) is 0 Å². The van der Waals surface area contributed by atoms with E-state index in [0.29, 0.717) is 18.9 Å². The minimum atomic E-state index is -0.571. The maximum atomic E-state index is 12.5. The van der Waals surface area contributed by atoms with Gasteiger partial charge in [0.15, 0.2) is 5.82 Å². The zero-order chi connectivity index (χ0) is 33.4. The molecule has 8 heteroatoms. The fourth-order valence-electron chi connectivity index (χ4n) is 4.36. The van der Waals surface area contributed by atoms with E-state index in [4.69, 9.17) is 13.9 Å². The molecule has 1 N–H and O–H groups in total. The summed E-state index contributed by atoms with van der Waals surface area (Å²) in [7, 11) is 0. The Morgan fingerprint density at radius 1 is 0.848 bits per heavy atom. The summed E-state index contributed by atoms with van der Waals surface area (Å²) < 4.78 is 18.6. The maximum absolute atomic E-state index is 12.5. The van der Waals surface area contributed by atoms with Crippen molar-refractivity contribution in [3.8, 4) is 17.3 Å². The molecule has 0 spiro atoms. The molecule has 46 heavy (non-hydrogen) atoms. The first-order valence-corrected chi connectivity index (χ1v) is 15.6. The topological polar surface area (TPSA) is 95.6 Å². The number of amides is 1. The second-order valence-electron chi connectivity index (χ2n) is 11.2. The van der Waals surface area contributed by atoms with Gasteiger partial charge in [-0.25, -0.2) is 9.78 Å². The van der Waals surface area contributed by atoms with Crippen molar-refractivity contribution >= 4 is 6.09 Å². The highest BCUT2D eigenvalue weighted by Gasteiger charge is 2.20. The smallest absolute Gasteiger partial charge is 0.407 e. The minimum Gasteiger partial charge on any atom is -0.481 e. The molecule has 0 unspecified atom stereocenters. The standard InChI is InChI=1S/C23H27N3O5.C13H12.C2H6/c1-16-14-25-21(26(16)12-11-24-22(28)31-23(2,3)4)20-19(18(27)10-13-29-20)30-15-17-8-6-5-7-9-17;1-3-7-12(8-4-1)11-13-9-5-2-6-10-13;1-2/h5-10,13-14H,11-12,15H2,1-4H3,(H,24,28);1-10H,11H2;1-2H3. The van der Waals surface area contributed by atoms with Crippen molar-refractivity contribution in [1.29, 1.82) is 0 Å². The van der Waals surface area contributed by atoms with Gasteiger partial charge in [-0.3, -0.25) is 4.79 Å². The van der Waals surface area contributed by atoms with Crippen LogP contribution in [0.5, 0.6) is 5.75 Å². The van der Waals surface area contributed by atoms with Crippen molar-refractivity contribution in [3.63, 3.8) is 0 Å². The molecule has 2 heterocycles. The molecule has 0 saturated heterocycles. The second kappa shape index (κ2) is 18.0. The number of ether oxygens (including phenoxy) is 2. The van der Waals surface area contributed by atoms with Crippen LogP contribution in [0.4, 0.5) is 4.79 Å². The fourth-order valence-corrected chi connectivity index (χ4v) is 4.36. The Bertz CT molecular complexity index is 1620. The molecule has 0 aliphatic rings. The third-order valence-electron chi connectivity index (χ3n) is 6.42. The van der Waals surface area contributed by atoms with Gasteiger partial charge < -0.3 is 23.8 Å². The lowest BCUT2D eigenvalue weighted by Crippen LogP contribution is -2.34. The zero-order valence-corrected chi connectivity index (χ0v) is 27.7. The van der Waals surface area contributed by atoms with Gasteiger partial charge >= 0.3 is 6.09 Å². The van der Waals surface area contributed by atoms with Crippen LogP contribution in [-0.4, -0.2) is 27.8 Å². The van der Waals surface area contributed by atoms with Gasteiger partial charge in [0.2, 0.25) is 16.9 Å². The monoisotopic (exact) mass is 623 g/mol. The molecule has 1 amide bonds. The van der Waals surface area contributed by atoms with Gasteiger partial charge in [-0.1, -0.05) is 105 Å². The zero-order valence-electron chi connectivity index (χ0n) is 27.7. The van der Waals surface area contributed by atoms with Crippen molar-refractivity contribution in [2.75, 3.05) is 6.54 Å². The molecule has 0 aliphatic heterocycles. The molecule has 0 bridgehead atoms. The maximum Gasteiger partial charge on any atom is 0.407 e. The number of alkyl carbamates (subject to hydrolysis) is 1. The van der Waals surface area contributed by atoms with Crippen LogP contribution in [0, 0.1) is 6.92 Å². The van der Waals surface area contributed by atoms with Gasteiger partial charge in [-0.2, -0.15) is 0 Å². The molecular formula is C38H45N3O5. The summed E-state index contributed by atoms with van der Waals surface area (Å²) in [5.41, 5.74) is 3.65. The summed E-state index contributed by atoms with van der Waals surface area (Å²) >= 11 is 0. The number of rotatable bonds is 9.